The highest BCUT2D eigenvalue weighted by atomic mass is 31.1. The van der Waals surface area contributed by atoms with Gasteiger partial charge in [0.25, 0.3) is 0 Å². The number of amides is 1. The summed E-state index contributed by atoms with van der Waals surface area (Å²) in [4.78, 5) is 39.9. The molecule has 4 rings (SSSR count). The summed E-state index contributed by atoms with van der Waals surface area (Å²) >= 11 is 0. The number of ketones is 1. The van der Waals surface area contributed by atoms with Gasteiger partial charge in [-0.3, -0.25) is 14.4 Å². The third-order valence-electron chi connectivity index (χ3n) is 7.50. The number of halogens is 3. The Morgan fingerprint density at radius 2 is 1.89 bits per heavy atom. The summed E-state index contributed by atoms with van der Waals surface area (Å²) < 4.78 is 50.7. The molecule has 2 fully saturated rings. The van der Waals surface area contributed by atoms with Crippen molar-refractivity contribution in [1.82, 2.24) is 4.90 Å². The summed E-state index contributed by atoms with van der Waals surface area (Å²) in [6.07, 6.45) is -1.39. The molecule has 3 aliphatic rings. The average Bonchev–Trinajstić information content (AvgIpc) is 3.23. The van der Waals surface area contributed by atoms with Crippen LogP contribution in [-0.2, 0) is 31.8 Å². The first-order chi connectivity index (χ1) is 16.5. The number of carbonyl (C=O) groups is 3. The van der Waals surface area contributed by atoms with Crippen LogP contribution in [0.25, 0.3) is 0 Å². The Balaban J connectivity index is 1.58. The topological polar surface area (TPSA) is 72.9 Å². The van der Waals surface area contributed by atoms with E-state index in [1.807, 2.05) is 0 Å². The van der Waals surface area contributed by atoms with Gasteiger partial charge in [0.15, 0.2) is 5.78 Å². The minimum atomic E-state index is -4.54. The number of rotatable bonds is 5. The minimum Gasteiger partial charge on any atom is -0.462 e. The fourth-order valence-electron chi connectivity index (χ4n) is 5.67. The third kappa shape index (κ3) is 5.56. The van der Waals surface area contributed by atoms with Crippen molar-refractivity contribution in [3.05, 3.63) is 34.9 Å². The first kappa shape index (κ1) is 26.1. The van der Waals surface area contributed by atoms with E-state index in [4.69, 9.17) is 9.47 Å². The summed E-state index contributed by atoms with van der Waals surface area (Å²) in [6.45, 7) is 4.22. The van der Waals surface area contributed by atoms with Gasteiger partial charge in [-0.1, -0.05) is 6.07 Å². The number of Topliss-reactive ketones (excluding diaryl/α,β-unsaturated/α-hetero) is 1. The second-order valence-electron chi connectivity index (χ2n) is 9.85. The average molecular weight is 513 g/mol. The zero-order valence-electron chi connectivity index (χ0n) is 20.0. The van der Waals surface area contributed by atoms with E-state index in [1.54, 1.807) is 6.92 Å². The van der Waals surface area contributed by atoms with Crippen molar-refractivity contribution in [2.75, 3.05) is 19.8 Å². The van der Waals surface area contributed by atoms with Gasteiger partial charge in [0.05, 0.1) is 17.5 Å². The smallest absolute Gasteiger partial charge is 0.416 e. The Morgan fingerprint density at radius 1 is 1.17 bits per heavy atom. The van der Waals surface area contributed by atoms with Gasteiger partial charge in [0.2, 0.25) is 5.91 Å². The lowest BCUT2D eigenvalue weighted by Gasteiger charge is -2.39. The highest BCUT2D eigenvalue weighted by Crippen LogP contribution is 2.52. The summed E-state index contributed by atoms with van der Waals surface area (Å²) in [5, 5.41) is 0. The van der Waals surface area contributed by atoms with Crippen molar-refractivity contribution in [1.29, 1.82) is 0 Å². The number of esters is 1. The molecule has 0 radical (unpaired) electrons. The van der Waals surface area contributed by atoms with Gasteiger partial charge in [-0.05, 0) is 68.0 Å². The number of hydrogen-bond donors (Lipinski definition) is 0. The van der Waals surface area contributed by atoms with Crippen LogP contribution in [0.5, 0.6) is 0 Å². The lowest BCUT2D eigenvalue weighted by Crippen LogP contribution is -2.52. The molecule has 1 saturated heterocycles. The molecule has 0 bridgehead atoms. The fraction of sp³-hybridized carbons (Fsp3) is 0.640. The normalized spacial score (nSPS) is 26.7. The molecule has 35 heavy (non-hydrogen) atoms. The number of nitrogens with zero attached hydrogens (tertiary/aromatic N) is 1. The van der Waals surface area contributed by atoms with Crippen LogP contribution in [0.4, 0.5) is 13.2 Å². The number of benzene rings is 1. The number of carbonyl (C=O) groups excluding carboxylic acids is 3. The van der Waals surface area contributed by atoms with Gasteiger partial charge >= 0.3 is 12.1 Å². The van der Waals surface area contributed by atoms with E-state index in [9.17, 15) is 27.6 Å². The second-order valence-corrected chi connectivity index (χ2v) is 11.8. The highest BCUT2D eigenvalue weighted by Gasteiger charge is 2.53. The SMILES string of the molecule is CC(=O)O[C@@H](C)[C@]1(C(=O)N2CC(=O)c3ccc(C(F)(F)F)cc3C2)CC[C@@H](PC2CCOCC2)C1. The van der Waals surface area contributed by atoms with Crippen molar-refractivity contribution >= 4 is 26.2 Å². The molecule has 1 unspecified atom stereocenters. The van der Waals surface area contributed by atoms with Crippen LogP contribution < -0.4 is 0 Å². The maximum atomic E-state index is 14.0. The molecular formula is C25H31F3NO5P. The quantitative estimate of drug-likeness (QED) is 0.426. The molecule has 1 aromatic carbocycles. The maximum Gasteiger partial charge on any atom is 0.416 e. The lowest BCUT2D eigenvalue weighted by atomic mass is 9.78. The maximum absolute atomic E-state index is 14.0. The molecular weight excluding hydrogens is 482 g/mol. The van der Waals surface area contributed by atoms with E-state index >= 15 is 0 Å². The van der Waals surface area contributed by atoms with Crippen LogP contribution >= 0.6 is 8.58 Å². The van der Waals surface area contributed by atoms with Crippen LogP contribution in [-0.4, -0.2) is 59.7 Å². The molecule has 0 N–H and O–H groups in total. The van der Waals surface area contributed by atoms with Gasteiger partial charge in [0, 0.05) is 32.2 Å². The van der Waals surface area contributed by atoms with Crippen LogP contribution in [0.15, 0.2) is 18.2 Å². The van der Waals surface area contributed by atoms with Gasteiger partial charge in [-0.2, -0.15) is 13.2 Å². The molecule has 0 spiro atoms. The molecule has 10 heteroatoms. The lowest BCUT2D eigenvalue weighted by molar-refractivity contribution is -0.162. The molecule has 1 aliphatic carbocycles. The molecule has 192 valence electrons. The first-order valence-corrected chi connectivity index (χ1v) is 13.2. The third-order valence-corrected chi connectivity index (χ3v) is 9.52. The van der Waals surface area contributed by atoms with E-state index in [2.05, 4.69) is 0 Å². The monoisotopic (exact) mass is 513 g/mol. The van der Waals surface area contributed by atoms with Crippen molar-refractivity contribution < 1.29 is 37.0 Å². The summed E-state index contributed by atoms with van der Waals surface area (Å²) in [5.41, 5.74) is -0.584. The molecule has 1 aromatic rings. The van der Waals surface area contributed by atoms with E-state index < -0.39 is 29.2 Å². The second kappa shape index (κ2) is 10.2. The van der Waals surface area contributed by atoms with Gasteiger partial charge in [-0.25, -0.2) is 0 Å². The summed E-state index contributed by atoms with van der Waals surface area (Å²) in [7, 11) is 0.666. The predicted molar refractivity (Wildman–Crippen MR) is 125 cm³/mol. The Labute approximate surface area is 204 Å². The van der Waals surface area contributed by atoms with E-state index in [1.165, 1.54) is 17.9 Å². The van der Waals surface area contributed by atoms with Crippen molar-refractivity contribution in [2.45, 2.75) is 76.1 Å². The largest absolute Gasteiger partial charge is 0.462 e. The summed E-state index contributed by atoms with van der Waals surface area (Å²) in [5.74, 6) is -1.20. The van der Waals surface area contributed by atoms with Gasteiger partial charge in [-0.15, -0.1) is 8.58 Å². The van der Waals surface area contributed by atoms with Crippen molar-refractivity contribution in [2.24, 2.45) is 5.41 Å². The Kier molecular flexibility index (Phi) is 7.58. The molecule has 1 amide bonds. The predicted octanol–water partition coefficient (Wildman–Crippen LogP) is 4.58. The van der Waals surface area contributed by atoms with Crippen molar-refractivity contribution in [3.8, 4) is 0 Å². The highest BCUT2D eigenvalue weighted by molar-refractivity contribution is 7.39. The zero-order valence-corrected chi connectivity index (χ0v) is 21.0. The molecule has 1 saturated carbocycles. The van der Waals surface area contributed by atoms with E-state index in [0.717, 1.165) is 44.6 Å². The number of alkyl halides is 3. The van der Waals surface area contributed by atoms with Gasteiger partial charge < -0.3 is 14.4 Å². The Morgan fingerprint density at radius 3 is 2.54 bits per heavy atom. The zero-order chi connectivity index (χ0) is 25.4. The van der Waals surface area contributed by atoms with Crippen LogP contribution in [0, 0.1) is 5.41 Å². The van der Waals surface area contributed by atoms with Crippen LogP contribution in [0.3, 0.4) is 0 Å². The van der Waals surface area contributed by atoms with E-state index in [0.29, 0.717) is 32.7 Å². The van der Waals surface area contributed by atoms with Gasteiger partial charge in [0.1, 0.15) is 6.10 Å². The molecule has 2 heterocycles. The molecule has 2 aliphatic heterocycles. The van der Waals surface area contributed by atoms with E-state index in [-0.39, 0.29) is 35.9 Å². The van der Waals surface area contributed by atoms with Crippen LogP contribution in [0.1, 0.15) is 67.4 Å². The minimum absolute atomic E-state index is 0.0781. The number of hydrogen-bond acceptors (Lipinski definition) is 5. The standard InChI is InChI=1S/C25H31F3NO5P/c1-15(34-16(2)30)24(8-5-20(12-24)35-19-6-9-33-10-7-19)23(32)29-13-17-11-18(25(26,27)28)3-4-21(17)22(31)14-29/h3-4,11,15,19-20,35H,5-10,12-14H2,1-2H3/t15-,20+,24-/m0/s1. The Bertz CT molecular complexity index is 994. The molecule has 0 aromatic heterocycles. The number of ether oxygens (including phenoxy) is 2. The summed E-state index contributed by atoms with van der Waals surface area (Å²) in [6, 6.07) is 3.05. The number of fused-ring (bicyclic) bond motifs is 1. The van der Waals surface area contributed by atoms with Crippen molar-refractivity contribution in [3.63, 3.8) is 0 Å². The molecule has 4 atom stereocenters. The Hall–Kier alpha value is -1.99. The van der Waals surface area contributed by atoms with Crippen LogP contribution in [0.2, 0.25) is 0 Å². The molecule has 6 nitrogen and oxygen atoms in total. The fourth-order valence-corrected chi connectivity index (χ4v) is 7.69. The first-order valence-electron chi connectivity index (χ1n) is 12.0.